The van der Waals surface area contributed by atoms with Crippen LogP contribution < -0.4 is 0 Å². The Labute approximate surface area is 160 Å². The molecule has 0 aliphatic rings. The van der Waals surface area contributed by atoms with Crippen LogP contribution in [0.4, 0.5) is 0 Å². The molecule has 0 bridgehead atoms. The van der Waals surface area contributed by atoms with Crippen LogP contribution in [0.1, 0.15) is 5.56 Å². The van der Waals surface area contributed by atoms with Gasteiger partial charge in [-0.3, -0.25) is 15.0 Å². The molecule has 3 nitrogen and oxygen atoms in total. The summed E-state index contributed by atoms with van der Waals surface area (Å²) in [5.74, 6) is 0. The normalized spacial score (nSPS) is 10.7. The molecule has 3 heterocycles. The lowest BCUT2D eigenvalue weighted by molar-refractivity contribution is 1.26. The van der Waals surface area contributed by atoms with Gasteiger partial charge in [-0.25, -0.2) is 0 Å². The predicted octanol–water partition coefficient (Wildman–Crippen LogP) is 5.77. The van der Waals surface area contributed by atoms with Gasteiger partial charge < -0.3 is 0 Å². The molecule has 4 rings (SSSR count). The Morgan fingerprint density at radius 2 is 1.31 bits per heavy atom. The third-order valence-electron chi connectivity index (χ3n) is 4.26. The van der Waals surface area contributed by atoms with Gasteiger partial charge in [-0.05, 0) is 29.8 Å². The van der Waals surface area contributed by atoms with Gasteiger partial charge in [0.1, 0.15) is 0 Å². The minimum absolute atomic E-state index is 0.775. The molecule has 0 aliphatic heterocycles. The summed E-state index contributed by atoms with van der Waals surface area (Å²) in [6.45, 7) is 0. The van der Waals surface area contributed by atoms with Gasteiger partial charge in [-0.15, -0.1) is 0 Å². The lowest BCUT2D eigenvalue weighted by Gasteiger charge is -2.14. The molecule has 0 spiro atoms. The van der Waals surface area contributed by atoms with Gasteiger partial charge in [0.15, 0.2) is 0 Å². The Balaban J connectivity index is 1.95. The molecule has 0 N–H and O–H groups in total. The highest BCUT2D eigenvalue weighted by atomic mass is 79.9. The van der Waals surface area contributed by atoms with Gasteiger partial charge in [0.2, 0.25) is 0 Å². The highest BCUT2D eigenvalue weighted by molar-refractivity contribution is 9.08. The maximum Gasteiger partial charge on any atom is 0.0802 e. The zero-order valence-corrected chi connectivity index (χ0v) is 15.6. The molecule has 26 heavy (non-hydrogen) atoms. The van der Waals surface area contributed by atoms with Crippen LogP contribution in [0.15, 0.2) is 85.5 Å². The average Bonchev–Trinajstić information content (AvgIpc) is 2.74. The standard InChI is InChI=1S/C22H16BrN3/c23-14-16-6-1-2-8-18(16)21-20(10-5-13-25-21)22-19(9-4-12-26-22)17-7-3-11-24-15-17/h1-13,15H,14H2. The van der Waals surface area contributed by atoms with Crippen LogP contribution in [0, 0.1) is 0 Å². The predicted molar refractivity (Wildman–Crippen MR) is 109 cm³/mol. The van der Waals surface area contributed by atoms with E-state index in [1.807, 2.05) is 48.9 Å². The van der Waals surface area contributed by atoms with Crippen LogP contribution in [0.25, 0.3) is 33.6 Å². The van der Waals surface area contributed by atoms with Crippen LogP contribution in [0.2, 0.25) is 0 Å². The van der Waals surface area contributed by atoms with Crippen molar-refractivity contribution in [1.82, 2.24) is 15.0 Å². The van der Waals surface area contributed by atoms with Gasteiger partial charge in [-0.1, -0.05) is 52.3 Å². The summed E-state index contributed by atoms with van der Waals surface area (Å²) in [6, 6.07) is 20.4. The van der Waals surface area contributed by atoms with Crippen molar-refractivity contribution in [3.8, 4) is 33.6 Å². The van der Waals surface area contributed by atoms with Crippen molar-refractivity contribution in [2.24, 2.45) is 0 Å². The third-order valence-corrected chi connectivity index (χ3v) is 4.86. The molecular formula is C22H16BrN3. The van der Waals surface area contributed by atoms with E-state index < -0.39 is 0 Å². The van der Waals surface area contributed by atoms with Crippen LogP contribution >= 0.6 is 15.9 Å². The minimum Gasteiger partial charge on any atom is -0.264 e. The number of rotatable bonds is 4. The highest BCUT2D eigenvalue weighted by Gasteiger charge is 2.16. The number of hydrogen-bond donors (Lipinski definition) is 0. The molecule has 0 amide bonds. The lowest BCUT2D eigenvalue weighted by atomic mass is 9.95. The first-order valence-electron chi connectivity index (χ1n) is 8.33. The summed E-state index contributed by atoms with van der Waals surface area (Å²) in [7, 11) is 0. The molecule has 0 unspecified atom stereocenters. The smallest absolute Gasteiger partial charge is 0.0802 e. The van der Waals surface area contributed by atoms with E-state index in [4.69, 9.17) is 4.98 Å². The summed E-state index contributed by atoms with van der Waals surface area (Å²) in [5, 5.41) is 0.775. The van der Waals surface area contributed by atoms with Crippen molar-refractivity contribution < 1.29 is 0 Å². The highest BCUT2D eigenvalue weighted by Crippen LogP contribution is 2.36. The quantitative estimate of drug-likeness (QED) is 0.407. The summed E-state index contributed by atoms with van der Waals surface area (Å²) in [5.41, 5.74) is 7.26. The second-order valence-electron chi connectivity index (χ2n) is 5.83. The van der Waals surface area contributed by atoms with E-state index in [9.17, 15) is 0 Å². The van der Waals surface area contributed by atoms with Gasteiger partial charge in [0.05, 0.1) is 11.4 Å². The fourth-order valence-electron chi connectivity index (χ4n) is 3.05. The van der Waals surface area contributed by atoms with E-state index >= 15 is 0 Å². The summed E-state index contributed by atoms with van der Waals surface area (Å²) in [4.78, 5) is 13.6. The molecule has 1 aromatic carbocycles. The number of alkyl halides is 1. The Morgan fingerprint density at radius 1 is 0.654 bits per heavy atom. The topological polar surface area (TPSA) is 38.7 Å². The zero-order valence-electron chi connectivity index (χ0n) is 14.0. The second-order valence-corrected chi connectivity index (χ2v) is 6.39. The maximum absolute atomic E-state index is 4.69. The van der Waals surface area contributed by atoms with Crippen LogP contribution in [-0.2, 0) is 5.33 Å². The number of pyridine rings is 3. The van der Waals surface area contributed by atoms with Crippen molar-refractivity contribution in [3.63, 3.8) is 0 Å². The van der Waals surface area contributed by atoms with Crippen molar-refractivity contribution >= 4 is 15.9 Å². The Morgan fingerprint density at radius 3 is 2.04 bits per heavy atom. The molecule has 0 aliphatic carbocycles. The number of halogens is 1. The van der Waals surface area contributed by atoms with Crippen molar-refractivity contribution in [2.45, 2.75) is 5.33 Å². The minimum atomic E-state index is 0.775. The molecule has 0 fully saturated rings. The number of aromatic nitrogens is 3. The van der Waals surface area contributed by atoms with E-state index in [-0.39, 0.29) is 0 Å². The van der Waals surface area contributed by atoms with Gasteiger partial charge >= 0.3 is 0 Å². The molecular weight excluding hydrogens is 386 g/mol. The third kappa shape index (κ3) is 3.16. The van der Waals surface area contributed by atoms with Crippen molar-refractivity contribution in [2.75, 3.05) is 0 Å². The average molecular weight is 402 g/mol. The summed E-state index contributed by atoms with van der Waals surface area (Å²) >= 11 is 3.59. The van der Waals surface area contributed by atoms with Crippen LogP contribution in [0.3, 0.4) is 0 Å². The summed E-state index contributed by atoms with van der Waals surface area (Å²) in [6.07, 6.45) is 7.29. The lowest BCUT2D eigenvalue weighted by Crippen LogP contribution is -1.96. The van der Waals surface area contributed by atoms with E-state index in [1.165, 1.54) is 5.56 Å². The molecule has 3 aromatic heterocycles. The van der Waals surface area contributed by atoms with E-state index in [2.05, 4.69) is 56.2 Å². The largest absolute Gasteiger partial charge is 0.264 e. The van der Waals surface area contributed by atoms with E-state index in [1.54, 1.807) is 6.20 Å². The first kappa shape index (κ1) is 16.6. The SMILES string of the molecule is BrCc1ccccc1-c1ncccc1-c1ncccc1-c1cccnc1. The maximum atomic E-state index is 4.69. The molecule has 126 valence electrons. The van der Waals surface area contributed by atoms with Gasteiger partial charge in [0, 0.05) is 52.4 Å². The molecule has 0 saturated carbocycles. The van der Waals surface area contributed by atoms with Gasteiger partial charge in [0.25, 0.3) is 0 Å². The second kappa shape index (κ2) is 7.58. The van der Waals surface area contributed by atoms with E-state index in [0.29, 0.717) is 0 Å². The summed E-state index contributed by atoms with van der Waals surface area (Å²) < 4.78 is 0. The molecule has 0 radical (unpaired) electrons. The number of hydrogen-bond acceptors (Lipinski definition) is 3. The van der Waals surface area contributed by atoms with Crippen LogP contribution in [-0.4, -0.2) is 15.0 Å². The fraction of sp³-hybridized carbons (Fsp3) is 0.0455. The monoisotopic (exact) mass is 401 g/mol. The molecule has 0 saturated heterocycles. The Kier molecular flexibility index (Phi) is 4.84. The Bertz CT molecular complexity index is 1030. The van der Waals surface area contributed by atoms with Gasteiger partial charge in [-0.2, -0.15) is 0 Å². The molecule has 4 aromatic rings. The first-order valence-corrected chi connectivity index (χ1v) is 9.45. The Hall–Kier alpha value is -2.85. The van der Waals surface area contributed by atoms with E-state index in [0.717, 1.165) is 39.0 Å². The number of nitrogens with zero attached hydrogens (tertiary/aromatic N) is 3. The van der Waals surface area contributed by atoms with Crippen LogP contribution in [0.5, 0.6) is 0 Å². The molecule has 4 heteroatoms. The zero-order chi connectivity index (χ0) is 17.8. The van der Waals surface area contributed by atoms with Crippen molar-refractivity contribution in [3.05, 3.63) is 91.0 Å². The van der Waals surface area contributed by atoms with Crippen molar-refractivity contribution in [1.29, 1.82) is 0 Å². The number of benzene rings is 1. The fourth-order valence-corrected chi connectivity index (χ4v) is 3.54. The first-order chi connectivity index (χ1) is 12.9. The molecule has 0 atom stereocenters.